The Morgan fingerprint density at radius 3 is 0.892 bits per heavy atom. The molecule has 0 bridgehead atoms. The minimum Gasteiger partial charge on any atom is -0.501 e. The topological polar surface area (TPSA) is 129 Å². The minimum absolute atomic E-state index is 0. The maximum atomic E-state index is 5.97. The third-order valence-electron chi connectivity index (χ3n) is 22.0. The summed E-state index contributed by atoms with van der Waals surface area (Å²) in [5.74, 6) is 0.534. The van der Waals surface area contributed by atoms with Crippen molar-refractivity contribution in [3.05, 3.63) is 508 Å². The Balaban J connectivity index is 0.000000153. The van der Waals surface area contributed by atoms with Gasteiger partial charge in [0.25, 0.3) is 0 Å². The van der Waals surface area contributed by atoms with Gasteiger partial charge in [-0.05, 0) is 158 Å². The molecule has 698 valence electrons. The molecule has 0 atom stereocenters. The van der Waals surface area contributed by atoms with Gasteiger partial charge in [0.2, 0.25) is 0 Å². The molecule has 0 N–H and O–H groups in total. The van der Waals surface area contributed by atoms with E-state index >= 15 is 0 Å². The molecule has 0 fully saturated rings. The maximum absolute atomic E-state index is 5.97. The van der Waals surface area contributed by atoms with Gasteiger partial charge < -0.3 is 48.7 Å². The standard InChI is InChI=1S/2C21H20N.2C17H10NO.C14H14N.2C12H10N.C11H8N.4Ir/c2*1-21(2,3)19-12-13-22-20(15-19)18-11-7-10-17(14-18)16-8-5-4-6-9-16;2*1-2-10-16-12(6-1)13-7-5-8-14(17(13)19-16)15-9-3-4-11-18-15;1-11(2)13-8-9-14(15-10-13)12-6-4-3-5-7-12;2*1-10-7-8-12(13-9-10)11-5-3-2-4-6-11;1-2-6-10(7-3-1)11-8-4-5-9-12-11;;;;/h2*4-10,12-15H,1-3H3;2*1-7,9-11H;3-6,8-11H,1-2H3;2*2-5,7-9H,1H3;1-6,8-9H;;;;/q8*-1;;;;. The Hall–Kier alpha value is -14.0. The first-order valence-electron chi connectivity index (χ1n) is 45.1. The largest absolute Gasteiger partial charge is 0.501 e. The molecule has 0 amide bonds. The summed E-state index contributed by atoms with van der Waals surface area (Å²) in [4.78, 5) is 35.1. The molecule has 10 aromatic heterocycles. The van der Waals surface area contributed by atoms with Crippen LogP contribution in [0.5, 0.6) is 0 Å². The van der Waals surface area contributed by atoms with Crippen LogP contribution in [0.2, 0.25) is 0 Å². The van der Waals surface area contributed by atoms with E-state index in [2.05, 4.69) is 277 Å². The molecule has 4 radical (unpaired) electrons. The number of hydrogen-bond acceptors (Lipinski definition) is 10. The zero-order chi connectivity index (χ0) is 93.6. The summed E-state index contributed by atoms with van der Waals surface area (Å²) in [5, 5.41) is 4.47. The summed E-state index contributed by atoms with van der Waals surface area (Å²) in [6, 6.07) is 153. The molecular weight excluding hydrogens is 2410 g/mol. The van der Waals surface area contributed by atoms with Crippen LogP contribution in [0.1, 0.15) is 89.1 Å². The van der Waals surface area contributed by atoms with Crippen LogP contribution >= 0.6 is 0 Å². The van der Waals surface area contributed by atoms with Gasteiger partial charge in [-0.25, -0.2) is 0 Å². The first-order valence-corrected chi connectivity index (χ1v) is 45.1. The van der Waals surface area contributed by atoms with Gasteiger partial charge in [-0.1, -0.05) is 259 Å². The van der Waals surface area contributed by atoms with Gasteiger partial charge in [-0.3, -0.25) is 0 Å². The molecule has 14 heteroatoms. The molecule has 10 heterocycles. The van der Waals surface area contributed by atoms with Crippen molar-refractivity contribution >= 4 is 43.9 Å². The van der Waals surface area contributed by atoms with E-state index in [-0.39, 0.29) is 91.3 Å². The number of benzene rings is 12. The van der Waals surface area contributed by atoms with E-state index in [0.29, 0.717) is 5.92 Å². The number of rotatable bonds is 11. The molecule has 22 aromatic rings. The summed E-state index contributed by atoms with van der Waals surface area (Å²) in [5.41, 5.74) is 30.5. The first-order chi connectivity index (χ1) is 65.9. The zero-order valence-electron chi connectivity index (χ0n) is 78.8. The molecule has 22 rings (SSSR count). The Kier molecular flexibility index (Phi) is 39.9. The number of aryl methyl sites for hydroxylation is 2. The van der Waals surface area contributed by atoms with E-state index in [0.717, 1.165) is 134 Å². The van der Waals surface area contributed by atoms with E-state index in [1.54, 1.807) is 18.6 Å². The number of furan rings is 2. The van der Waals surface area contributed by atoms with E-state index in [1.807, 2.05) is 294 Å². The number of hydrogen-bond donors (Lipinski definition) is 0. The zero-order valence-corrected chi connectivity index (χ0v) is 88.4. The van der Waals surface area contributed by atoms with Gasteiger partial charge in [-0.2, -0.15) is 0 Å². The van der Waals surface area contributed by atoms with Crippen molar-refractivity contribution in [1.82, 2.24) is 39.9 Å². The van der Waals surface area contributed by atoms with Crippen molar-refractivity contribution in [2.75, 3.05) is 0 Å². The number of para-hydroxylation sites is 2. The van der Waals surface area contributed by atoms with Gasteiger partial charge in [0.1, 0.15) is 11.2 Å². The van der Waals surface area contributed by atoms with E-state index in [1.165, 1.54) is 50.1 Å². The first kappa shape index (κ1) is 105. The molecule has 0 saturated carbocycles. The maximum Gasteiger partial charge on any atom is 0.120 e. The minimum atomic E-state index is 0. The molecule has 0 aliphatic heterocycles. The smallest absolute Gasteiger partial charge is 0.120 e. The Morgan fingerprint density at radius 2 is 0.561 bits per heavy atom. The van der Waals surface area contributed by atoms with Crippen LogP contribution in [0.4, 0.5) is 0 Å². The third kappa shape index (κ3) is 29.5. The third-order valence-corrected chi connectivity index (χ3v) is 22.0. The fourth-order valence-corrected chi connectivity index (χ4v) is 14.6. The number of nitrogens with zero attached hydrogens (tertiary/aromatic N) is 8. The molecule has 0 unspecified atom stereocenters. The second kappa shape index (κ2) is 52.5. The Labute approximate surface area is 871 Å². The number of pyridine rings is 8. The van der Waals surface area contributed by atoms with Crippen molar-refractivity contribution < 1.29 is 89.3 Å². The second-order valence-electron chi connectivity index (χ2n) is 34.3. The van der Waals surface area contributed by atoms with Crippen molar-refractivity contribution in [1.29, 1.82) is 0 Å². The van der Waals surface area contributed by atoms with Crippen LogP contribution in [0.15, 0.2) is 441 Å². The second-order valence-corrected chi connectivity index (χ2v) is 34.3. The van der Waals surface area contributed by atoms with Crippen LogP contribution < -0.4 is 0 Å². The molecule has 0 saturated heterocycles. The molecule has 0 spiro atoms. The van der Waals surface area contributed by atoms with Crippen molar-refractivity contribution in [3.63, 3.8) is 0 Å². The van der Waals surface area contributed by atoms with E-state index in [9.17, 15) is 0 Å². The fourth-order valence-electron chi connectivity index (χ4n) is 14.6. The van der Waals surface area contributed by atoms with Crippen molar-refractivity contribution in [2.45, 2.75) is 86.0 Å². The molecular formula is C125H102Ir4N8O2-8. The van der Waals surface area contributed by atoms with Crippen molar-refractivity contribution in [3.8, 4) is 112 Å². The van der Waals surface area contributed by atoms with Gasteiger partial charge in [0.15, 0.2) is 0 Å². The van der Waals surface area contributed by atoms with Gasteiger partial charge in [0.05, 0.1) is 11.2 Å². The Bertz CT molecular complexity index is 7030. The summed E-state index contributed by atoms with van der Waals surface area (Å²) >= 11 is 0. The van der Waals surface area contributed by atoms with Crippen LogP contribution in [-0.4, -0.2) is 39.9 Å². The van der Waals surface area contributed by atoms with Crippen LogP contribution in [0.25, 0.3) is 156 Å². The fraction of sp³-hybridized carbons (Fsp3) is 0.104. The van der Waals surface area contributed by atoms with Gasteiger partial charge in [-0.15, -0.1) is 251 Å². The van der Waals surface area contributed by atoms with E-state index in [4.69, 9.17) is 8.83 Å². The monoisotopic (exact) mass is 2520 g/mol. The normalized spacial score (nSPS) is 10.5. The summed E-state index contributed by atoms with van der Waals surface area (Å²) < 4.78 is 11.9. The molecule has 12 aromatic carbocycles. The average Bonchev–Trinajstić information content (AvgIpc) is 1.62. The predicted octanol–water partition coefficient (Wildman–Crippen LogP) is 31.8. The van der Waals surface area contributed by atoms with Gasteiger partial charge in [0, 0.05) is 141 Å². The molecule has 0 aliphatic rings. The summed E-state index contributed by atoms with van der Waals surface area (Å²) in [7, 11) is 0. The number of aromatic nitrogens is 8. The van der Waals surface area contributed by atoms with Gasteiger partial charge >= 0.3 is 0 Å². The number of fused-ring (bicyclic) bond motifs is 6. The average molecular weight is 2520 g/mol. The van der Waals surface area contributed by atoms with Crippen LogP contribution in [0, 0.1) is 62.4 Å². The Morgan fingerprint density at radius 1 is 0.237 bits per heavy atom. The summed E-state index contributed by atoms with van der Waals surface area (Å²) in [6.07, 6.45) is 14.8. The summed E-state index contributed by atoms with van der Waals surface area (Å²) in [6.45, 7) is 21.7. The van der Waals surface area contributed by atoms with Crippen molar-refractivity contribution in [2.24, 2.45) is 0 Å². The van der Waals surface area contributed by atoms with E-state index < -0.39 is 0 Å². The molecule has 10 nitrogen and oxygen atoms in total. The predicted molar refractivity (Wildman–Crippen MR) is 554 cm³/mol. The molecule has 0 aliphatic carbocycles. The van der Waals surface area contributed by atoms with Crippen LogP contribution in [-0.2, 0) is 91.3 Å². The molecule has 139 heavy (non-hydrogen) atoms. The van der Waals surface area contributed by atoms with Crippen LogP contribution in [0.3, 0.4) is 0 Å². The SMILES string of the molecule is CC(C)(C)c1ccnc(-c2[c-]ccc(-c3ccccc3)c2)c1.CC(C)(C)c1ccnc(-c2[c-]ccc(-c3ccccc3)c2)c1.CC(C)c1ccc(-c2[c-]cccc2)nc1.Cc1ccc(-c2[c-]cccc2)nc1.Cc1ccc(-c2[c-]cccc2)nc1.[Ir].[Ir].[Ir].[Ir].[c-]1ccc2c(oc3ccccc32)c1-c1ccccn1.[c-]1ccc2c(oc3ccccc32)c1-c1ccccn1.[c-]1ccccc1-c1ccccn1. The quantitative estimate of drug-likeness (QED) is 0.115.